The molecule has 0 aliphatic heterocycles. The summed E-state index contributed by atoms with van der Waals surface area (Å²) in [5.74, 6) is 0.115. The molecule has 0 saturated heterocycles. The second kappa shape index (κ2) is 9.17. The molecule has 0 aliphatic carbocycles. The summed E-state index contributed by atoms with van der Waals surface area (Å²) >= 11 is 0. The number of nitrogens with zero attached hydrogens (tertiary/aromatic N) is 3. The van der Waals surface area contributed by atoms with E-state index in [4.69, 9.17) is 0 Å². The third-order valence-electron chi connectivity index (χ3n) is 4.70. The largest absolute Gasteiger partial charge is 0.341 e. The third kappa shape index (κ3) is 5.30. The fraction of sp³-hybridized carbons (Fsp3) is 0.304. The van der Waals surface area contributed by atoms with Gasteiger partial charge < -0.3 is 4.90 Å². The van der Waals surface area contributed by atoms with Gasteiger partial charge in [-0.25, -0.2) is 4.68 Å². The Morgan fingerprint density at radius 2 is 1.70 bits per heavy atom. The predicted octanol–water partition coefficient (Wildman–Crippen LogP) is 4.42. The minimum atomic E-state index is 0.115. The van der Waals surface area contributed by atoms with Crippen molar-refractivity contribution in [2.75, 3.05) is 7.05 Å². The predicted molar refractivity (Wildman–Crippen MR) is 109 cm³/mol. The molecule has 0 atom stereocenters. The number of carbonyl (C=O) groups excluding carboxylic acids is 1. The van der Waals surface area contributed by atoms with Crippen LogP contribution < -0.4 is 0 Å². The van der Waals surface area contributed by atoms with Gasteiger partial charge in [0.25, 0.3) is 0 Å². The van der Waals surface area contributed by atoms with E-state index < -0.39 is 0 Å². The molecule has 0 aliphatic rings. The number of benzene rings is 2. The van der Waals surface area contributed by atoms with Gasteiger partial charge >= 0.3 is 0 Å². The van der Waals surface area contributed by atoms with E-state index in [1.165, 1.54) is 18.4 Å². The lowest BCUT2D eigenvalue weighted by Crippen LogP contribution is -2.27. The Bertz CT molecular complexity index is 853. The highest BCUT2D eigenvalue weighted by atomic mass is 16.2. The summed E-state index contributed by atoms with van der Waals surface area (Å²) in [4.78, 5) is 14.3. The van der Waals surface area contributed by atoms with E-state index in [0.717, 1.165) is 23.2 Å². The lowest BCUT2D eigenvalue weighted by atomic mass is 10.0. The molecule has 0 spiro atoms. The van der Waals surface area contributed by atoms with Crippen molar-refractivity contribution in [3.8, 4) is 5.69 Å². The zero-order valence-corrected chi connectivity index (χ0v) is 16.1. The fourth-order valence-electron chi connectivity index (χ4n) is 3.04. The number of aryl methyl sites for hydroxylation is 1. The standard InChI is InChI=1S/C23H27N3O/c1-3-4-8-19-11-13-20(14-12-19)15-23(27)25(2)17-21-16-24-26(18-21)22-9-6-5-7-10-22/h5-7,9-14,16,18H,3-4,8,15,17H2,1-2H3. The topological polar surface area (TPSA) is 38.1 Å². The van der Waals surface area contributed by atoms with Gasteiger partial charge in [-0.05, 0) is 36.1 Å². The number of unbranched alkanes of at least 4 members (excludes halogenated alkanes) is 1. The maximum atomic E-state index is 12.5. The maximum Gasteiger partial charge on any atom is 0.227 e. The van der Waals surface area contributed by atoms with Crippen LogP contribution in [0.5, 0.6) is 0 Å². The highest BCUT2D eigenvalue weighted by Crippen LogP contribution is 2.12. The number of hydrogen-bond donors (Lipinski definition) is 0. The van der Waals surface area contributed by atoms with E-state index >= 15 is 0 Å². The molecule has 1 aromatic heterocycles. The molecule has 3 rings (SSSR count). The van der Waals surface area contributed by atoms with Crippen LogP contribution in [-0.2, 0) is 24.2 Å². The summed E-state index contributed by atoms with van der Waals surface area (Å²) < 4.78 is 1.84. The highest BCUT2D eigenvalue weighted by molar-refractivity contribution is 5.78. The van der Waals surface area contributed by atoms with Gasteiger partial charge in [-0.3, -0.25) is 4.79 Å². The number of aromatic nitrogens is 2. The molecular weight excluding hydrogens is 334 g/mol. The van der Waals surface area contributed by atoms with E-state index in [1.54, 1.807) is 4.90 Å². The van der Waals surface area contributed by atoms with Gasteiger partial charge in [-0.15, -0.1) is 0 Å². The first kappa shape index (κ1) is 18.9. The molecular formula is C23H27N3O. The number of amides is 1. The van der Waals surface area contributed by atoms with E-state index in [-0.39, 0.29) is 5.91 Å². The summed E-state index contributed by atoms with van der Waals surface area (Å²) in [5.41, 5.74) is 4.44. The van der Waals surface area contributed by atoms with Crippen molar-refractivity contribution < 1.29 is 4.79 Å². The average Bonchev–Trinajstić information content (AvgIpc) is 3.16. The molecule has 0 fully saturated rings. The number of rotatable bonds is 8. The van der Waals surface area contributed by atoms with Crippen LogP contribution in [0.25, 0.3) is 5.69 Å². The van der Waals surface area contributed by atoms with Crippen molar-refractivity contribution in [1.29, 1.82) is 0 Å². The lowest BCUT2D eigenvalue weighted by molar-refractivity contribution is -0.129. The first-order chi connectivity index (χ1) is 13.2. The van der Waals surface area contributed by atoms with Crippen LogP contribution in [-0.4, -0.2) is 27.6 Å². The van der Waals surface area contributed by atoms with Crippen molar-refractivity contribution >= 4 is 5.91 Å². The summed E-state index contributed by atoms with van der Waals surface area (Å²) in [6.45, 7) is 2.76. The van der Waals surface area contributed by atoms with Crippen LogP contribution in [0, 0.1) is 0 Å². The molecule has 0 saturated carbocycles. The quantitative estimate of drug-likeness (QED) is 0.596. The smallest absolute Gasteiger partial charge is 0.227 e. The second-order valence-corrected chi connectivity index (χ2v) is 6.98. The summed E-state index contributed by atoms with van der Waals surface area (Å²) in [6, 6.07) is 18.4. The van der Waals surface area contributed by atoms with Gasteiger partial charge in [0.1, 0.15) is 0 Å². The molecule has 4 nitrogen and oxygen atoms in total. The molecule has 0 bridgehead atoms. The number of likely N-dealkylation sites (N-methyl/N-ethyl adjacent to an activating group) is 1. The minimum absolute atomic E-state index is 0.115. The zero-order valence-electron chi connectivity index (χ0n) is 16.1. The van der Waals surface area contributed by atoms with Gasteiger partial charge in [0, 0.05) is 25.4 Å². The number of carbonyl (C=O) groups is 1. The molecule has 0 radical (unpaired) electrons. The van der Waals surface area contributed by atoms with E-state index in [1.807, 2.05) is 54.5 Å². The van der Waals surface area contributed by atoms with Gasteiger partial charge in [0.2, 0.25) is 5.91 Å². The van der Waals surface area contributed by atoms with Crippen molar-refractivity contribution in [3.63, 3.8) is 0 Å². The Hall–Kier alpha value is -2.88. The van der Waals surface area contributed by atoms with E-state index in [0.29, 0.717) is 13.0 Å². The number of para-hydroxylation sites is 1. The lowest BCUT2D eigenvalue weighted by Gasteiger charge is -2.16. The van der Waals surface area contributed by atoms with E-state index in [2.05, 4.69) is 36.3 Å². The highest BCUT2D eigenvalue weighted by Gasteiger charge is 2.12. The van der Waals surface area contributed by atoms with Crippen LogP contribution in [0.3, 0.4) is 0 Å². The Morgan fingerprint density at radius 3 is 2.41 bits per heavy atom. The first-order valence-corrected chi connectivity index (χ1v) is 9.56. The molecule has 0 unspecified atom stereocenters. The van der Waals surface area contributed by atoms with E-state index in [9.17, 15) is 4.79 Å². The van der Waals surface area contributed by atoms with Crippen LogP contribution in [0.15, 0.2) is 67.0 Å². The molecule has 140 valence electrons. The van der Waals surface area contributed by atoms with Crippen LogP contribution in [0.4, 0.5) is 0 Å². The zero-order chi connectivity index (χ0) is 19.1. The third-order valence-corrected chi connectivity index (χ3v) is 4.70. The van der Waals surface area contributed by atoms with Crippen LogP contribution >= 0.6 is 0 Å². The van der Waals surface area contributed by atoms with Crippen molar-refractivity contribution in [2.24, 2.45) is 0 Å². The van der Waals surface area contributed by atoms with Gasteiger partial charge in [0.05, 0.1) is 18.3 Å². The Kier molecular flexibility index (Phi) is 6.42. The molecule has 3 aromatic rings. The Morgan fingerprint density at radius 1 is 1.00 bits per heavy atom. The molecule has 1 amide bonds. The van der Waals surface area contributed by atoms with Crippen LogP contribution in [0.1, 0.15) is 36.5 Å². The molecule has 2 aromatic carbocycles. The van der Waals surface area contributed by atoms with Crippen molar-refractivity contribution in [2.45, 2.75) is 39.2 Å². The Balaban J connectivity index is 1.55. The van der Waals surface area contributed by atoms with Gasteiger partial charge in [-0.2, -0.15) is 5.10 Å². The molecule has 0 N–H and O–H groups in total. The minimum Gasteiger partial charge on any atom is -0.341 e. The molecule has 1 heterocycles. The first-order valence-electron chi connectivity index (χ1n) is 9.56. The normalized spacial score (nSPS) is 10.7. The van der Waals surface area contributed by atoms with Crippen molar-refractivity contribution in [1.82, 2.24) is 14.7 Å². The number of hydrogen-bond acceptors (Lipinski definition) is 2. The van der Waals surface area contributed by atoms with Crippen LogP contribution in [0.2, 0.25) is 0 Å². The Labute approximate surface area is 161 Å². The maximum absolute atomic E-state index is 12.5. The fourth-order valence-corrected chi connectivity index (χ4v) is 3.04. The van der Waals surface area contributed by atoms with Gasteiger partial charge in [0.15, 0.2) is 0 Å². The SMILES string of the molecule is CCCCc1ccc(CC(=O)N(C)Cc2cnn(-c3ccccc3)c2)cc1. The monoisotopic (exact) mass is 361 g/mol. The summed E-state index contributed by atoms with van der Waals surface area (Å²) in [6.07, 6.45) is 7.73. The summed E-state index contributed by atoms with van der Waals surface area (Å²) in [7, 11) is 1.85. The second-order valence-electron chi connectivity index (χ2n) is 6.98. The summed E-state index contributed by atoms with van der Waals surface area (Å²) in [5, 5.41) is 4.40. The van der Waals surface area contributed by atoms with Crippen molar-refractivity contribution in [3.05, 3.63) is 83.7 Å². The molecule has 4 heteroatoms. The van der Waals surface area contributed by atoms with Gasteiger partial charge in [-0.1, -0.05) is 55.8 Å². The molecule has 27 heavy (non-hydrogen) atoms. The average molecular weight is 361 g/mol.